The van der Waals surface area contributed by atoms with Gasteiger partial charge in [-0.1, -0.05) is 11.3 Å². The summed E-state index contributed by atoms with van der Waals surface area (Å²) in [6, 6.07) is 3.80. The number of nitrogens with zero attached hydrogens (tertiary/aromatic N) is 4. The van der Waals surface area contributed by atoms with Gasteiger partial charge >= 0.3 is 0 Å². The molecule has 2 heterocycles. The van der Waals surface area contributed by atoms with Gasteiger partial charge in [0.15, 0.2) is 0 Å². The molecular formula is C15H18F2N4O. The van der Waals surface area contributed by atoms with Gasteiger partial charge in [0.25, 0.3) is 0 Å². The molecule has 0 aliphatic carbocycles. The van der Waals surface area contributed by atoms with E-state index in [1.807, 2.05) is 0 Å². The largest absolute Gasteiger partial charge is 0.390 e. The Morgan fingerprint density at radius 1 is 1.23 bits per heavy atom. The standard InChI is InChI=1S/C15H18F2N4O/c16-12-4-1-5-13(17)11(12)3-2-7-20-9-14(15(22)10-20)21-8-6-18-19-21/h1,4-6,8,14-15,22H,2-3,7,9-10H2/t14-,15-/m1/s1. The van der Waals surface area contributed by atoms with Crippen molar-refractivity contribution in [2.45, 2.75) is 25.0 Å². The minimum atomic E-state index is -0.508. The average molecular weight is 308 g/mol. The molecule has 1 aromatic carbocycles. The van der Waals surface area contributed by atoms with E-state index in [2.05, 4.69) is 15.2 Å². The third-order valence-electron chi connectivity index (χ3n) is 4.08. The molecule has 5 nitrogen and oxygen atoms in total. The molecule has 1 N–H and O–H groups in total. The van der Waals surface area contributed by atoms with E-state index in [1.54, 1.807) is 17.1 Å². The molecule has 2 aromatic rings. The molecule has 2 atom stereocenters. The first kappa shape index (κ1) is 15.1. The molecule has 7 heteroatoms. The third-order valence-corrected chi connectivity index (χ3v) is 4.08. The zero-order chi connectivity index (χ0) is 15.5. The second kappa shape index (κ2) is 6.50. The van der Waals surface area contributed by atoms with E-state index in [9.17, 15) is 13.9 Å². The quantitative estimate of drug-likeness (QED) is 0.907. The Kier molecular flexibility index (Phi) is 4.44. The lowest BCUT2D eigenvalue weighted by Crippen LogP contribution is -2.23. The van der Waals surface area contributed by atoms with Crippen molar-refractivity contribution < 1.29 is 13.9 Å². The van der Waals surface area contributed by atoms with E-state index in [4.69, 9.17) is 0 Å². The van der Waals surface area contributed by atoms with E-state index in [0.717, 1.165) is 0 Å². The van der Waals surface area contributed by atoms with Gasteiger partial charge in [-0.3, -0.25) is 4.90 Å². The normalized spacial score (nSPS) is 22.3. The predicted octanol–water partition coefficient (Wildman–Crippen LogP) is 1.41. The lowest BCUT2D eigenvalue weighted by atomic mass is 10.1. The summed E-state index contributed by atoms with van der Waals surface area (Å²) in [5.41, 5.74) is 0.134. The number of aliphatic hydroxyl groups excluding tert-OH is 1. The molecule has 118 valence electrons. The number of halogens is 2. The Morgan fingerprint density at radius 3 is 2.68 bits per heavy atom. The first-order valence-electron chi connectivity index (χ1n) is 7.34. The molecule has 3 rings (SSSR count). The van der Waals surface area contributed by atoms with E-state index < -0.39 is 17.7 Å². The number of likely N-dealkylation sites (tertiary alicyclic amines) is 1. The SMILES string of the molecule is O[C@@H]1CN(CCCc2c(F)cccc2F)C[C@H]1n1ccnn1. The summed E-state index contributed by atoms with van der Waals surface area (Å²) in [5.74, 6) is -0.996. The first-order chi connectivity index (χ1) is 10.6. The van der Waals surface area contributed by atoms with Crippen LogP contribution in [0.1, 0.15) is 18.0 Å². The highest BCUT2D eigenvalue weighted by atomic mass is 19.1. The van der Waals surface area contributed by atoms with Gasteiger partial charge in [0.1, 0.15) is 11.6 Å². The van der Waals surface area contributed by atoms with Crippen LogP contribution in [0.25, 0.3) is 0 Å². The number of hydrogen-bond acceptors (Lipinski definition) is 4. The molecule has 22 heavy (non-hydrogen) atoms. The van der Waals surface area contributed by atoms with Gasteiger partial charge < -0.3 is 5.11 Å². The summed E-state index contributed by atoms with van der Waals surface area (Å²) in [6.07, 6.45) is 3.78. The van der Waals surface area contributed by atoms with Crippen LogP contribution in [0, 0.1) is 11.6 Å². The fourth-order valence-electron chi connectivity index (χ4n) is 2.93. The van der Waals surface area contributed by atoms with Crippen LogP contribution >= 0.6 is 0 Å². The van der Waals surface area contributed by atoms with Crippen molar-refractivity contribution in [2.75, 3.05) is 19.6 Å². The molecule has 0 bridgehead atoms. The van der Waals surface area contributed by atoms with Crippen LogP contribution in [-0.2, 0) is 6.42 Å². The average Bonchev–Trinajstić information content (AvgIpc) is 3.11. The minimum Gasteiger partial charge on any atom is -0.390 e. The highest BCUT2D eigenvalue weighted by Crippen LogP contribution is 2.22. The zero-order valence-electron chi connectivity index (χ0n) is 12.1. The van der Waals surface area contributed by atoms with E-state index in [1.165, 1.54) is 18.2 Å². The summed E-state index contributed by atoms with van der Waals surface area (Å²) < 4.78 is 28.8. The van der Waals surface area contributed by atoms with Gasteiger partial charge in [0.2, 0.25) is 0 Å². The summed E-state index contributed by atoms with van der Waals surface area (Å²) in [4.78, 5) is 2.08. The van der Waals surface area contributed by atoms with Crippen molar-refractivity contribution in [1.82, 2.24) is 19.9 Å². The van der Waals surface area contributed by atoms with E-state index >= 15 is 0 Å². The van der Waals surface area contributed by atoms with Gasteiger partial charge in [0, 0.05) is 24.8 Å². The van der Waals surface area contributed by atoms with Crippen molar-refractivity contribution in [3.63, 3.8) is 0 Å². The molecule has 1 aliphatic heterocycles. The summed E-state index contributed by atoms with van der Waals surface area (Å²) in [5, 5.41) is 17.7. The molecular weight excluding hydrogens is 290 g/mol. The third kappa shape index (κ3) is 3.15. The second-order valence-corrected chi connectivity index (χ2v) is 5.58. The van der Waals surface area contributed by atoms with Crippen LogP contribution < -0.4 is 0 Å². The fourth-order valence-corrected chi connectivity index (χ4v) is 2.93. The maximum absolute atomic E-state index is 13.5. The lowest BCUT2D eigenvalue weighted by Gasteiger charge is -2.15. The molecule has 0 spiro atoms. The van der Waals surface area contributed by atoms with Gasteiger partial charge in [-0.25, -0.2) is 13.5 Å². The summed E-state index contributed by atoms with van der Waals surface area (Å²) in [7, 11) is 0. The van der Waals surface area contributed by atoms with Crippen LogP contribution in [0.5, 0.6) is 0 Å². The van der Waals surface area contributed by atoms with Crippen LogP contribution in [0.3, 0.4) is 0 Å². The Labute approximate surface area is 127 Å². The Bertz CT molecular complexity index is 600. The molecule has 1 fully saturated rings. The zero-order valence-corrected chi connectivity index (χ0v) is 12.1. The maximum atomic E-state index is 13.5. The molecule has 1 aliphatic rings. The van der Waals surface area contributed by atoms with E-state index in [-0.39, 0.29) is 11.6 Å². The second-order valence-electron chi connectivity index (χ2n) is 5.58. The molecule has 0 saturated carbocycles. The van der Waals surface area contributed by atoms with Crippen molar-refractivity contribution in [2.24, 2.45) is 0 Å². The number of hydrogen-bond donors (Lipinski definition) is 1. The van der Waals surface area contributed by atoms with Crippen LogP contribution in [-0.4, -0.2) is 50.7 Å². The van der Waals surface area contributed by atoms with Crippen LogP contribution in [0.2, 0.25) is 0 Å². The van der Waals surface area contributed by atoms with Crippen molar-refractivity contribution in [3.05, 3.63) is 47.8 Å². The summed E-state index contributed by atoms with van der Waals surface area (Å²) in [6.45, 7) is 1.87. The predicted molar refractivity (Wildman–Crippen MR) is 76.2 cm³/mol. The van der Waals surface area contributed by atoms with Crippen molar-refractivity contribution in [1.29, 1.82) is 0 Å². The number of benzene rings is 1. The van der Waals surface area contributed by atoms with Gasteiger partial charge in [-0.2, -0.15) is 0 Å². The molecule has 0 radical (unpaired) electrons. The minimum absolute atomic E-state index is 0.118. The molecule has 0 unspecified atom stereocenters. The number of rotatable bonds is 5. The highest BCUT2D eigenvalue weighted by Gasteiger charge is 2.32. The van der Waals surface area contributed by atoms with Crippen molar-refractivity contribution >= 4 is 0 Å². The number of aliphatic hydroxyl groups is 1. The van der Waals surface area contributed by atoms with Crippen molar-refractivity contribution in [3.8, 4) is 0 Å². The molecule has 1 saturated heterocycles. The smallest absolute Gasteiger partial charge is 0.129 e. The Morgan fingerprint density at radius 2 is 2.00 bits per heavy atom. The van der Waals surface area contributed by atoms with Gasteiger partial charge in [0.05, 0.1) is 18.3 Å². The van der Waals surface area contributed by atoms with Gasteiger partial charge in [-0.05, 0) is 31.5 Å². The first-order valence-corrected chi connectivity index (χ1v) is 7.34. The topological polar surface area (TPSA) is 54.2 Å². The number of β-amino-alcohol motifs (C(OH)–C–C–N with tert-alkyl or cyclic N) is 1. The lowest BCUT2D eigenvalue weighted by molar-refractivity contribution is 0.138. The maximum Gasteiger partial charge on any atom is 0.129 e. The Hall–Kier alpha value is -1.86. The highest BCUT2D eigenvalue weighted by molar-refractivity contribution is 5.19. The number of aromatic nitrogens is 3. The van der Waals surface area contributed by atoms with Gasteiger partial charge in [-0.15, -0.1) is 5.10 Å². The summed E-state index contributed by atoms with van der Waals surface area (Å²) >= 11 is 0. The van der Waals surface area contributed by atoms with Crippen LogP contribution in [0.4, 0.5) is 8.78 Å². The molecule has 1 aromatic heterocycles. The monoisotopic (exact) mass is 308 g/mol. The fraction of sp³-hybridized carbons (Fsp3) is 0.467. The Balaban J connectivity index is 1.53. The van der Waals surface area contributed by atoms with Crippen LogP contribution in [0.15, 0.2) is 30.6 Å². The molecule has 0 amide bonds. The van der Waals surface area contributed by atoms with E-state index in [0.29, 0.717) is 32.5 Å².